The fraction of sp³-hybridized carbons (Fsp3) is 0.467. The number of benzene rings is 1. The van der Waals surface area contributed by atoms with Gasteiger partial charge in [-0.05, 0) is 25.0 Å². The minimum atomic E-state index is -1.02. The maximum atomic E-state index is 13.0. The Morgan fingerprint density at radius 2 is 1.90 bits per heavy atom. The molecule has 1 aromatic carbocycles. The van der Waals surface area contributed by atoms with Gasteiger partial charge in [-0.15, -0.1) is 0 Å². The summed E-state index contributed by atoms with van der Waals surface area (Å²) in [5.41, 5.74) is 0.191. The van der Waals surface area contributed by atoms with Gasteiger partial charge in [0, 0.05) is 18.3 Å². The Hall–Kier alpha value is -1.98. The average Bonchev–Trinajstić information content (AvgIpc) is 3.23. The van der Waals surface area contributed by atoms with E-state index in [9.17, 15) is 18.4 Å². The summed E-state index contributed by atoms with van der Waals surface area (Å²) in [7, 11) is 0. The third kappa shape index (κ3) is 4.00. The van der Waals surface area contributed by atoms with Crippen molar-refractivity contribution >= 4 is 17.5 Å². The number of amides is 2. The number of halogens is 2. The third-order valence-electron chi connectivity index (χ3n) is 3.48. The van der Waals surface area contributed by atoms with Gasteiger partial charge in [-0.1, -0.05) is 13.3 Å². The molecule has 114 valence electrons. The van der Waals surface area contributed by atoms with E-state index in [1.807, 2.05) is 6.92 Å². The zero-order valence-electron chi connectivity index (χ0n) is 11.8. The topological polar surface area (TPSA) is 58.2 Å². The second-order valence-electron chi connectivity index (χ2n) is 5.21. The van der Waals surface area contributed by atoms with Crippen molar-refractivity contribution in [3.63, 3.8) is 0 Å². The van der Waals surface area contributed by atoms with Crippen LogP contribution in [0.4, 0.5) is 14.5 Å². The van der Waals surface area contributed by atoms with E-state index in [1.165, 1.54) is 6.07 Å². The number of anilines is 1. The van der Waals surface area contributed by atoms with Crippen LogP contribution in [0.1, 0.15) is 26.2 Å². The monoisotopic (exact) mass is 296 g/mol. The number of rotatable bonds is 6. The lowest BCUT2D eigenvalue weighted by molar-refractivity contribution is -0.125. The molecule has 2 rings (SSSR count). The molecule has 2 N–H and O–H groups in total. The minimum absolute atomic E-state index is 0.117. The van der Waals surface area contributed by atoms with Crippen LogP contribution in [0.3, 0.4) is 0 Å². The molecule has 0 saturated heterocycles. The quantitative estimate of drug-likeness (QED) is 0.792. The van der Waals surface area contributed by atoms with Crippen molar-refractivity contribution in [2.45, 2.75) is 26.2 Å². The van der Waals surface area contributed by atoms with Crippen molar-refractivity contribution in [2.24, 2.45) is 11.8 Å². The maximum absolute atomic E-state index is 13.0. The van der Waals surface area contributed by atoms with Crippen molar-refractivity contribution in [2.75, 3.05) is 11.9 Å². The standard InChI is InChI=1S/C15H18F2N2O2/c1-2-3-6-18-14(20)10-8-11(10)15(21)19-9-4-5-12(16)13(17)7-9/h4-5,7,10-11H,2-3,6,8H2,1H3,(H,18,20)(H,19,21). The molecule has 1 aromatic rings. The summed E-state index contributed by atoms with van der Waals surface area (Å²) in [5, 5.41) is 5.28. The van der Waals surface area contributed by atoms with Gasteiger partial charge in [0.05, 0.1) is 11.8 Å². The van der Waals surface area contributed by atoms with Crippen molar-refractivity contribution in [1.29, 1.82) is 0 Å². The lowest BCUT2D eigenvalue weighted by Gasteiger charge is -2.06. The van der Waals surface area contributed by atoms with Crippen molar-refractivity contribution in [1.82, 2.24) is 5.32 Å². The molecule has 1 aliphatic carbocycles. The normalized spacial score (nSPS) is 20.0. The summed E-state index contributed by atoms with van der Waals surface area (Å²) in [6.07, 6.45) is 2.39. The Bertz CT molecular complexity index is 548. The Morgan fingerprint density at radius 1 is 1.19 bits per heavy atom. The molecule has 0 bridgehead atoms. The molecular weight excluding hydrogens is 278 g/mol. The minimum Gasteiger partial charge on any atom is -0.356 e. The van der Waals surface area contributed by atoms with Crippen LogP contribution in [-0.2, 0) is 9.59 Å². The van der Waals surface area contributed by atoms with E-state index in [2.05, 4.69) is 10.6 Å². The second-order valence-corrected chi connectivity index (χ2v) is 5.21. The molecule has 2 atom stereocenters. The van der Waals surface area contributed by atoms with E-state index in [0.29, 0.717) is 13.0 Å². The largest absolute Gasteiger partial charge is 0.356 e. The highest BCUT2D eigenvalue weighted by molar-refractivity contribution is 5.99. The number of carbonyl (C=O) groups is 2. The third-order valence-corrected chi connectivity index (χ3v) is 3.48. The fourth-order valence-corrected chi connectivity index (χ4v) is 2.10. The molecule has 21 heavy (non-hydrogen) atoms. The van der Waals surface area contributed by atoms with Gasteiger partial charge in [-0.3, -0.25) is 9.59 Å². The molecule has 4 nitrogen and oxygen atoms in total. The first-order valence-corrected chi connectivity index (χ1v) is 7.06. The lowest BCUT2D eigenvalue weighted by atomic mass is 10.2. The number of nitrogens with one attached hydrogen (secondary N) is 2. The van der Waals surface area contributed by atoms with Crippen LogP contribution in [0.15, 0.2) is 18.2 Å². The molecular formula is C15H18F2N2O2. The van der Waals surface area contributed by atoms with Crippen LogP contribution >= 0.6 is 0 Å². The smallest absolute Gasteiger partial charge is 0.228 e. The Morgan fingerprint density at radius 3 is 2.57 bits per heavy atom. The molecule has 0 aliphatic heterocycles. The van der Waals surface area contributed by atoms with Crippen molar-refractivity contribution in [3.05, 3.63) is 29.8 Å². The molecule has 2 unspecified atom stereocenters. The first-order chi connectivity index (χ1) is 10.0. The molecule has 2 amide bonds. The Balaban J connectivity index is 1.82. The highest BCUT2D eigenvalue weighted by Crippen LogP contribution is 2.39. The van der Waals surface area contributed by atoms with E-state index in [-0.39, 0.29) is 29.3 Å². The highest BCUT2D eigenvalue weighted by Gasteiger charge is 2.47. The number of carbonyl (C=O) groups excluding carboxylic acids is 2. The van der Waals surface area contributed by atoms with E-state index >= 15 is 0 Å². The maximum Gasteiger partial charge on any atom is 0.228 e. The lowest BCUT2D eigenvalue weighted by Crippen LogP contribution is -2.28. The summed E-state index contributed by atoms with van der Waals surface area (Å²) in [4.78, 5) is 23.7. The first kappa shape index (κ1) is 15.4. The summed E-state index contributed by atoms with van der Waals surface area (Å²) >= 11 is 0. The molecule has 0 aromatic heterocycles. The molecule has 0 heterocycles. The molecule has 1 fully saturated rings. The van der Waals surface area contributed by atoms with Gasteiger partial charge in [-0.2, -0.15) is 0 Å². The second kappa shape index (κ2) is 6.65. The molecule has 0 radical (unpaired) electrons. The van der Waals surface area contributed by atoms with Gasteiger partial charge >= 0.3 is 0 Å². The van der Waals surface area contributed by atoms with Crippen LogP contribution in [0.25, 0.3) is 0 Å². The van der Waals surface area contributed by atoms with Crippen LogP contribution in [0.2, 0.25) is 0 Å². The first-order valence-electron chi connectivity index (χ1n) is 7.06. The van der Waals surface area contributed by atoms with Gasteiger partial charge in [0.2, 0.25) is 11.8 Å². The SMILES string of the molecule is CCCCNC(=O)C1CC1C(=O)Nc1ccc(F)c(F)c1. The van der Waals surface area contributed by atoms with Gasteiger partial charge in [0.1, 0.15) is 0 Å². The van der Waals surface area contributed by atoms with E-state index in [0.717, 1.165) is 25.0 Å². The summed E-state index contributed by atoms with van der Waals surface area (Å²) in [5.74, 6) is -3.14. The van der Waals surface area contributed by atoms with Gasteiger partial charge < -0.3 is 10.6 Å². The van der Waals surface area contributed by atoms with Gasteiger partial charge in [0.25, 0.3) is 0 Å². The number of hydrogen-bond donors (Lipinski definition) is 2. The number of hydrogen-bond acceptors (Lipinski definition) is 2. The fourth-order valence-electron chi connectivity index (χ4n) is 2.10. The van der Waals surface area contributed by atoms with Gasteiger partial charge in [0.15, 0.2) is 11.6 Å². The highest BCUT2D eigenvalue weighted by atomic mass is 19.2. The molecule has 6 heteroatoms. The van der Waals surface area contributed by atoms with E-state index in [4.69, 9.17) is 0 Å². The predicted molar refractivity (Wildman–Crippen MR) is 74.5 cm³/mol. The zero-order valence-corrected chi connectivity index (χ0v) is 11.8. The Labute approximate surface area is 121 Å². The summed E-state index contributed by atoms with van der Waals surface area (Å²) < 4.78 is 25.8. The average molecular weight is 296 g/mol. The molecule has 0 spiro atoms. The molecule has 1 saturated carbocycles. The van der Waals surface area contributed by atoms with Gasteiger partial charge in [-0.25, -0.2) is 8.78 Å². The van der Waals surface area contributed by atoms with Crippen LogP contribution in [-0.4, -0.2) is 18.4 Å². The van der Waals surface area contributed by atoms with Crippen LogP contribution < -0.4 is 10.6 Å². The molecule has 1 aliphatic rings. The zero-order chi connectivity index (χ0) is 15.4. The predicted octanol–water partition coefficient (Wildman–Crippen LogP) is 2.46. The Kier molecular flexibility index (Phi) is 4.88. The van der Waals surface area contributed by atoms with Crippen LogP contribution in [0.5, 0.6) is 0 Å². The summed E-state index contributed by atoms with van der Waals surface area (Å²) in [6.45, 7) is 2.64. The van der Waals surface area contributed by atoms with Crippen molar-refractivity contribution < 1.29 is 18.4 Å². The van der Waals surface area contributed by atoms with E-state index in [1.54, 1.807) is 0 Å². The van der Waals surface area contributed by atoms with Crippen LogP contribution in [0, 0.1) is 23.5 Å². The number of unbranched alkanes of at least 4 members (excludes halogenated alkanes) is 1. The van der Waals surface area contributed by atoms with Crippen molar-refractivity contribution in [3.8, 4) is 0 Å². The summed E-state index contributed by atoms with van der Waals surface area (Å²) in [6, 6.07) is 3.16. The van der Waals surface area contributed by atoms with E-state index < -0.39 is 11.6 Å².